The van der Waals surface area contributed by atoms with Crippen molar-refractivity contribution in [1.82, 2.24) is 0 Å². The molecule has 116 valence electrons. The number of nitro groups is 1. The van der Waals surface area contributed by atoms with E-state index in [2.05, 4.69) is 19.2 Å². The molecule has 1 N–H and O–H groups in total. The van der Waals surface area contributed by atoms with Gasteiger partial charge in [-0.2, -0.15) is 0 Å². The van der Waals surface area contributed by atoms with Crippen LogP contribution in [0.3, 0.4) is 0 Å². The third kappa shape index (κ3) is 3.86. The molecule has 0 atom stereocenters. The van der Waals surface area contributed by atoms with Gasteiger partial charge in [0.1, 0.15) is 5.69 Å². The van der Waals surface area contributed by atoms with E-state index in [9.17, 15) is 10.1 Å². The molecule has 21 heavy (non-hydrogen) atoms. The van der Waals surface area contributed by atoms with Gasteiger partial charge in [0, 0.05) is 6.54 Å². The molecule has 0 unspecified atom stereocenters. The first kappa shape index (κ1) is 15.6. The van der Waals surface area contributed by atoms with E-state index in [0.29, 0.717) is 23.4 Å². The molecular formula is C16H24N2O3. The van der Waals surface area contributed by atoms with Gasteiger partial charge in [0.2, 0.25) is 0 Å². The fourth-order valence-electron chi connectivity index (χ4n) is 2.81. The Bertz CT molecular complexity index is 504. The normalized spacial score (nSPS) is 18.2. The Morgan fingerprint density at radius 3 is 2.62 bits per heavy atom. The Labute approximate surface area is 125 Å². The van der Waals surface area contributed by atoms with E-state index < -0.39 is 0 Å². The molecule has 1 aliphatic rings. The van der Waals surface area contributed by atoms with Crippen LogP contribution in [-0.2, 0) is 0 Å². The lowest BCUT2D eigenvalue weighted by Gasteiger charge is -2.34. The van der Waals surface area contributed by atoms with Crippen LogP contribution in [0, 0.1) is 15.5 Å². The zero-order valence-electron chi connectivity index (χ0n) is 13.0. The Morgan fingerprint density at radius 2 is 2.05 bits per heavy atom. The van der Waals surface area contributed by atoms with Crippen LogP contribution < -0.4 is 10.1 Å². The summed E-state index contributed by atoms with van der Waals surface area (Å²) in [5, 5.41) is 14.4. The van der Waals surface area contributed by atoms with Gasteiger partial charge >= 0.3 is 5.69 Å². The monoisotopic (exact) mass is 292 g/mol. The molecule has 5 heteroatoms. The minimum Gasteiger partial charge on any atom is -0.483 e. The summed E-state index contributed by atoms with van der Waals surface area (Å²) in [4.78, 5) is 11.0. The van der Waals surface area contributed by atoms with E-state index in [1.165, 1.54) is 0 Å². The molecular weight excluding hydrogens is 268 g/mol. The number of hydrogen-bond acceptors (Lipinski definition) is 4. The maximum atomic E-state index is 11.3. The number of anilines is 1. The first-order valence-electron chi connectivity index (χ1n) is 7.61. The van der Waals surface area contributed by atoms with E-state index in [1.807, 2.05) is 6.92 Å². The maximum Gasteiger partial charge on any atom is 0.333 e. The number of benzene rings is 1. The topological polar surface area (TPSA) is 64.4 Å². The van der Waals surface area contributed by atoms with Gasteiger partial charge in [0.15, 0.2) is 5.75 Å². The molecule has 0 radical (unpaired) electrons. The number of nitro benzene ring substituents is 1. The van der Waals surface area contributed by atoms with Gasteiger partial charge in [-0.1, -0.05) is 19.9 Å². The highest BCUT2D eigenvalue weighted by molar-refractivity contribution is 5.68. The molecule has 0 bridgehead atoms. The highest BCUT2D eigenvalue weighted by atomic mass is 16.6. The molecule has 0 aliphatic heterocycles. The van der Waals surface area contributed by atoms with Crippen LogP contribution in [0.25, 0.3) is 0 Å². The minimum absolute atomic E-state index is 0.0455. The van der Waals surface area contributed by atoms with Crippen molar-refractivity contribution in [1.29, 1.82) is 0 Å². The standard InChI is InChI=1S/C16H24N2O3/c1-4-17-13-6-5-7-14(15(13)18(19)20)21-12-8-10-16(2,3)11-9-12/h5-7,12,17H,4,8-11H2,1-3H3. The van der Waals surface area contributed by atoms with Crippen molar-refractivity contribution < 1.29 is 9.66 Å². The van der Waals surface area contributed by atoms with E-state index in [1.54, 1.807) is 18.2 Å². The average molecular weight is 292 g/mol. The molecule has 0 amide bonds. The minimum atomic E-state index is -0.361. The summed E-state index contributed by atoms with van der Waals surface area (Å²) in [5.74, 6) is 0.378. The van der Waals surface area contributed by atoms with E-state index in [0.717, 1.165) is 25.7 Å². The number of nitrogens with zero attached hydrogens (tertiary/aromatic N) is 1. The SMILES string of the molecule is CCNc1cccc(OC2CCC(C)(C)CC2)c1[N+](=O)[O-]. The summed E-state index contributed by atoms with van der Waals surface area (Å²) in [6, 6.07) is 5.21. The van der Waals surface area contributed by atoms with Crippen molar-refractivity contribution in [3.63, 3.8) is 0 Å². The lowest BCUT2D eigenvalue weighted by molar-refractivity contribution is -0.385. The Morgan fingerprint density at radius 1 is 1.38 bits per heavy atom. The van der Waals surface area contributed by atoms with Crippen molar-refractivity contribution in [2.45, 2.75) is 52.6 Å². The molecule has 1 fully saturated rings. The van der Waals surface area contributed by atoms with Gasteiger partial charge in [0.05, 0.1) is 11.0 Å². The Kier molecular flexibility index (Phi) is 4.70. The second kappa shape index (κ2) is 6.33. The largest absolute Gasteiger partial charge is 0.483 e. The van der Waals surface area contributed by atoms with Gasteiger partial charge in [-0.05, 0) is 50.2 Å². The number of hydrogen-bond donors (Lipinski definition) is 1. The van der Waals surface area contributed by atoms with Crippen LogP contribution in [0.1, 0.15) is 46.5 Å². The number of para-hydroxylation sites is 1. The second-order valence-corrected chi connectivity index (χ2v) is 6.42. The van der Waals surface area contributed by atoms with Crippen LogP contribution in [0.2, 0.25) is 0 Å². The first-order valence-corrected chi connectivity index (χ1v) is 7.61. The van der Waals surface area contributed by atoms with E-state index in [-0.39, 0.29) is 16.7 Å². The second-order valence-electron chi connectivity index (χ2n) is 6.42. The van der Waals surface area contributed by atoms with Crippen LogP contribution in [0.4, 0.5) is 11.4 Å². The molecule has 1 aromatic carbocycles. The van der Waals surface area contributed by atoms with Crippen LogP contribution in [0.5, 0.6) is 5.75 Å². The molecule has 1 saturated carbocycles. The number of ether oxygens (including phenoxy) is 1. The smallest absolute Gasteiger partial charge is 0.333 e. The average Bonchev–Trinajstić information content (AvgIpc) is 2.41. The molecule has 2 rings (SSSR count). The number of rotatable bonds is 5. The predicted molar refractivity (Wildman–Crippen MR) is 83.9 cm³/mol. The van der Waals surface area contributed by atoms with Gasteiger partial charge in [-0.3, -0.25) is 10.1 Å². The summed E-state index contributed by atoms with van der Waals surface area (Å²) in [6.45, 7) is 7.08. The Hall–Kier alpha value is -1.78. The van der Waals surface area contributed by atoms with Gasteiger partial charge in [-0.15, -0.1) is 0 Å². The summed E-state index contributed by atoms with van der Waals surface area (Å²) in [5.41, 5.74) is 0.928. The molecule has 5 nitrogen and oxygen atoms in total. The van der Waals surface area contributed by atoms with Gasteiger partial charge < -0.3 is 10.1 Å². The molecule has 1 aromatic rings. The molecule has 0 heterocycles. The number of nitrogens with one attached hydrogen (secondary N) is 1. The zero-order chi connectivity index (χ0) is 15.5. The lowest BCUT2D eigenvalue weighted by atomic mass is 9.76. The summed E-state index contributed by atoms with van der Waals surface area (Å²) in [7, 11) is 0. The highest BCUT2D eigenvalue weighted by Crippen LogP contribution is 2.40. The Balaban J connectivity index is 2.16. The lowest BCUT2D eigenvalue weighted by Crippen LogP contribution is -2.28. The van der Waals surface area contributed by atoms with Crippen molar-refractivity contribution >= 4 is 11.4 Å². The zero-order valence-corrected chi connectivity index (χ0v) is 13.0. The fourth-order valence-corrected chi connectivity index (χ4v) is 2.81. The van der Waals surface area contributed by atoms with Gasteiger partial charge in [-0.25, -0.2) is 0 Å². The van der Waals surface area contributed by atoms with Crippen LogP contribution in [0.15, 0.2) is 18.2 Å². The van der Waals surface area contributed by atoms with Crippen molar-refractivity contribution in [2.75, 3.05) is 11.9 Å². The molecule has 0 aromatic heterocycles. The van der Waals surface area contributed by atoms with Crippen LogP contribution in [-0.4, -0.2) is 17.6 Å². The fraction of sp³-hybridized carbons (Fsp3) is 0.625. The third-order valence-electron chi connectivity index (χ3n) is 4.13. The highest BCUT2D eigenvalue weighted by Gasteiger charge is 2.30. The van der Waals surface area contributed by atoms with Crippen molar-refractivity contribution in [3.8, 4) is 5.75 Å². The molecule has 1 aliphatic carbocycles. The maximum absolute atomic E-state index is 11.3. The van der Waals surface area contributed by atoms with E-state index >= 15 is 0 Å². The third-order valence-corrected chi connectivity index (χ3v) is 4.13. The van der Waals surface area contributed by atoms with E-state index in [4.69, 9.17) is 4.74 Å². The predicted octanol–water partition coefficient (Wildman–Crippen LogP) is 4.37. The van der Waals surface area contributed by atoms with Crippen molar-refractivity contribution in [3.05, 3.63) is 28.3 Å². The summed E-state index contributed by atoms with van der Waals surface area (Å²) < 4.78 is 5.95. The summed E-state index contributed by atoms with van der Waals surface area (Å²) >= 11 is 0. The molecule has 0 saturated heterocycles. The van der Waals surface area contributed by atoms with Crippen LogP contribution >= 0.6 is 0 Å². The van der Waals surface area contributed by atoms with Crippen molar-refractivity contribution in [2.24, 2.45) is 5.41 Å². The summed E-state index contributed by atoms with van der Waals surface area (Å²) in [6.07, 6.45) is 4.18. The first-order chi connectivity index (χ1) is 9.93. The molecule has 0 spiro atoms. The quantitative estimate of drug-likeness (QED) is 0.646. The van der Waals surface area contributed by atoms with Gasteiger partial charge in [0.25, 0.3) is 0 Å².